The minimum Gasteiger partial charge on any atom is -0.325 e. The Balaban J connectivity index is 2.12. The van der Waals surface area contributed by atoms with E-state index in [1.54, 1.807) is 36.4 Å². The number of amides is 1. The van der Waals surface area contributed by atoms with Crippen LogP contribution in [0.1, 0.15) is 0 Å². The summed E-state index contributed by atoms with van der Waals surface area (Å²) >= 11 is 9.00. The molecule has 0 spiro atoms. The Morgan fingerprint density at radius 2 is 1.86 bits per heavy atom. The number of carbonyl (C=O) groups excluding carboxylic acids is 1. The Bertz CT molecular complexity index is 777. The summed E-state index contributed by atoms with van der Waals surface area (Å²) in [6, 6.07) is 12.7. The first kappa shape index (κ1) is 16.0. The Labute approximate surface area is 136 Å². The Kier molecular flexibility index (Phi) is 5.03. The van der Waals surface area contributed by atoms with E-state index in [1.807, 2.05) is 0 Å². The highest BCUT2D eigenvalue weighted by Crippen LogP contribution is 2.18. The van der Waals surface area contributed by atoms with Gasteiger partial charge in [-0.05, 0) is 36.4 Å². The van der Waals surface area contributed by atoms with Crippen molar-refractivity contribution in [2.75, 3.05) is 11.1 Å². The molecule has 0 fully saturated rings. The van der Waals surface area contributed by atoms with Gasteiger partial charge in [0.1, 0.15) is 5.75 Å². The van der Waals surface area contributed by atoms with Gasteiger partial charge in [0.05, 0.1) is 4.90 Å². The van der Waals surface area contributed by atoms with Crippen molar-refractivity contribution < 1.29 is 13.2 Å². The second-order valence-corrected chi connectivity index (χ2v) is 7.62. The van der Waals surface area contributed by atoms with Gasteiger partial charge in [0.2, 0.25) is 5.91 Å². The molecule has 4 nitrogen and oxygen atoms in total. The highest BCUT2D eigenvalue weighted by molar-refractivity contribution is 9.10. The average molecular weight is 389 g/mol. The SMILES string of the molecule is O=C(CS(=O)(=O)c1cccc(Br)c1)Nc1cccc(Cl)c1. The fraction of sp³-hybridized carbons (Fsp3) is 0.0714. The number of carbonyl (C=O) groups is 1. The topological polar surface area (TPSA) is 63.2 Å². The van der Waals surface area contributed by atoms with E-state index < -0.39 is 21.5 Å². The van der Waals surface area contributed by atoms with Gasteiger partial charge in [-0.3, -0.25) is 4.79 Å². The maximum atomic E-state index is 12.1. The summed E-state index contributed by atoms with van der Waals surface area (Å²) in [5.74, 6) is -1.24. The highest BCUT2D eigenvalue weighted by atomic mass is 79.9. The molecule has 0 bridgehead atoms. The molecule has 2 rings (SSSR count). The standard InChI is InChI=1S/C14H11BrClNO3S/c15-10-3-1-6-13(7-10)21(19,20)9-14(18)17-12-5-2-4-11(16)8-12/h1-8H,9H2,(H,17,18). The number of benzene rings is 2. The molecule has 0 radical (unpaired) electrons. The molecule has 1 N–H and O–H groups in total. The van der Waals surface area contributed by atoms with E-state index in [9.17, 15) is 13.2 Å². The molecule has 2 aromatic rings. The molecule has 0 heterocycles. The van der Waals surface area contributed by atoms with Crippen LogP contribution in [0.4, 0.5) is 5.69 Å². The van der Waals surface area contributed by atoms with Crippen LogP contribution < -0.4 is 5.32 Å². The van der Waals surface area contributed by atoms with Crippen molar-refractivity contribution in [3.63, 3.8) is 0 Å². The van der Waals surface area contributed by atoms with Crippen LogP contribution in [0.25, 0.3) is 0 Å². The van der Waals surface area contributed by atoms with E-state index in [2.05, 4.69) is 21.2 Å². The molecule has 0 saturated heterocycles. The van der Waals surface area contributed by atoms with E-state index in [0.717, 1.165) is 0 Å². The molecule has 21 heavy (non-hydrogen) atoms. The van der Waals surface area contributed by atoms with Crippen molar-refractivity contribution in [1.82, 2.24) is 0 Å². The van der Waals surface area contributed by atoms with E-state index in [0.29, 0.717) is 15.2 Å². The van der Waals surface area contributed by atoms with Gasteiger partial charge in [-0.25, -0.2) is 8.42 Å². The normalized spacial score (nSPS) is 11.1. The lowest BCUT2D eigenvalue weighted by molar-refractivity contribution is -0.113. The Hall–Kier alpha value is -1.37. The van der Waals surface area contributed by atoms with Gasteiger partial charge in [-0.15, -0.1) is 0 Å². The zero-order valence-corrected chi connectivity index (χ0v) is 13.9. The first-order chi connectivity index (χ1) is 9.87. The minimum absolute atomic E-state index is 0.0955. The zero-order chi connectivity index (χ0) is 15.5. The van der Waals surface area contributed by atoms with Crippen LogP contribution in [0.15, 0.2) is 57.9 Å². The molecule has 1 amide bonds. The van der Waals surface area contributed by atoms with Gasteiger partial charge in [0.25, 0.3) is 0 Å². The third-order valence-electron chi connectivity index (χ3n) is 2.58. The molecule has 0 aromatic heterocycles. The fourth-order valence-corrected chi connectivity index (χ4v) is 3.60. The maximum absolute atomic E-state index is 12.1. The van der Waals surface area contributed by atoms with Crippen LogP contribution in [0.2, 0.25) is 5.02 Å². The number of hydrogen-bond donors (Lipinski definition) is 1. The largest absolute Gasteiger partial charge is 0.325 e. The summed E-state index contributed by atoms with van der Waals surface area (Å²) in [5.41, 5.74) is 0.456. The monoisotopic (exact) mass is 387 g/mol. The summed E-state index contributed by atoms with van der Waals surface area (Å²) in [4.78, 5) is 11.9. The number of nitrogens with one attached hydrogen (secondary N) is 1. The van der Waals surface area contributed by atoms with Crippen molar-refractivity contribution in [1.29, 1.82) is 0 Å². The Morgan fingerprint density at radius 3 is 2.52 bits per heavy atom. The summed E-state index contributed by atoms with van der Waals surface area (Å²) in [5, 5.41) is 2.97. The number of halogens is 2. The van der Waals surface area contributed by atoms with Crippen molar-refractivity contribution >= 4 is 49.0 Å². The molecule has 110 valence electrons. The van der Waals surface area contributed by atoms with Gasteiger partial charge >= 0.3 is 0 Å². The van der Waals surface area contributed by atoms with Crippen molar-refractivity contribution in [2.45, 2.75) is 4.90 Å². The van der Waals surface area contributed by atoms with Crippen molar-refractivity contribution in [2.24, 2.45) is 0 Å². The summed E-state index contributed by atoms with van der Waals surface area (Å²) in [6.07, 6.45) is 0. The van der Waals surface area contributed by atoms with Gasteiger partial charge < -0.3 is 5.32 Å². The van der Waals surface area contributed by atoms with Crippen LogP contribution in [-0.4, -0.2) is 20.1 Å². The molecular weight excluding hydrogens is 378 g/mol. The summed E-state index contributed by atoms with van der Waals surface area (Å²) < 4.78 is 24.9. The van der Waals surface area contributed by atoms with Crippen molar-refractivity contribution in [3.05, 3.63) is 58.0 Å². The first-order valence-corrected chi connectivity index (χ1v) is 8.73. The number of rotatable bonds is 4. The summed E-state index contributed by atoms with van der Waals surface area (Å²) in [7, 11) is -3.69. The predicted molar refractivity (Wildman–Crippen MR) is 86.3 cm³/mol. The van der Waals surface area contributed by atoms with Crippen molar-refractivity contribution in [3.8, 4) is 0 Å². The van der Waals surface area contributed by atoms with E-state index in [-0.39, 0.29) is 4.90 Å². The molecule has 0 saturated carbocycles. The third-order valence-corrected chi connectivity index (χ3v) is 4.93. The molecule has 0 aliphatic carbocycles. The van der Waals surface area contributed by atoms with Crippen LogP contribution in [0.5, 0.6) is 0 Å². The van der Waals surface area contributed by atoms with Crippen LogP contribution in [0, 0.1) is 0 Å². The van der Waals surface area contributed by atoms with Gasteiger partial charge in [0.15, 0.2) is 9.84 Å². The van der Waals surface area contributed by atoms with Crippen LogP contribution in [-0.2, 0) is 14.6 Å². The lowest BCUT2D eigenvalue weighted by atomic mass is 10.3. The van der Waals surface area contributed by atoms with Gasteiger partial charge in [0, 0.05) is 15.2 Å². The van der Waals surface area contributed by atoms with Crippen LogP contribution >= 0.6 is 27.5 Å². The van der Waals surface area contributed by atoms with Gasteiger partial charge in [-0.2, -0.15) is 0 Å². The minimum atomic E-state index is -3.69. The fourth-order valence-electron chi connectivity index (χ4n) is 1.68. The average Bonchev–Trinajstić information content (AvgIpc) is 2.37. The molecule has 0 atom stereocenters. The molecule has 0 unspecified atom stereocenters. The summed E-state index contributed by atoms with van der Waals surface area (Å²) in [6.45, 7) is 0. The molecular formula is C14H11BrClNO3S. The van der Waals surface area contributed by atoms with Gasteiger partial charge in [-0.1, -0.05) is 39.7 Å². The van der Waals surface area contributed by atoms with E-state index in [4.69, 9.17) is 11.6 Å². The third kappa shape index (κ3) is 4.56. The molecule has 2 aromatic carbocycles. The number of anilines is 1. The maximum Gasteiger partial charge on any atom is 0.239 e. The van der Waals surface area contributed by atoms with Crippen LogP contribution in [0.3, 0.4) is 0 Å². The molecule has 7 heteroatoms. The zero-order valence-electron chi connectivity index (χ0n) is 10.7. The number of hydrogen-bond acceptors (Lipinski definition) is 3. The first-order valence-electron chi connectivity index (χ1n) is 5.90. The lowest BCUT2D eigenvalue weighted by Gasteiger charge is -2.07. The predicted octanol–water partition coefficient (Wildman–Crippen LogP) is 3.51. The quantitative estimate of drug-likeness (QED) is 0.871. The number of sulfone groups is 1. The molecule has 0 aliphatic heterocycles. The highest BCUT2D eigenvalue weighted by Gasteiger charge is 2.19. The second-order valence-electron chi connectivity index (χ2n) is 4.27. The van der Waals surface area contributed by atoms with E-state index in [1.165, 1.54) is 12.1 Å². The lowest BCUT2D eigenvalue weighted by Crippen LogP contribution is -2.23. The molecule has 0 aliphatic rings. The Morgan fingerprint density at radius 1 is 1.14 bits per heavy atom. The smallest absolute Gasteiger partial charge is 0.239 e. The second kappa shape index (κ2) is 6.60. The van der Waals surface area contributed by atoms with E-state index >= 15 is 0 Å².